The Morgan fingerprint density at radius 2 is 0.714 bits per heavy atom. The molecule has 0 saturated heterocycles. The third kappa shape index (κ3) is 62.8. The highest BCUT2D eigenvalue weighted by Crippen LogP contribution is 2.43. The molecule has 0 saturated carbocycles. The molecule has 2 unspecified atom stereocenters. The summed E-state index contributed by atoms with van der Waals surface area (Å²) in [5.41, 5.74) is 5.39. The average molecular weight is 1100 g/mol. The van der Waals surface area contributed by atoms with E-state index in [-0.39, 0.29) is 38.6 Å². The third-order valence-corrected chi connectivity index (χ3v) is 15.4. The Labute approximate surface area is 476 Å². The van der Waals surface area contributed by atoms with E-state index in [0.717, 1.165) is 77.0 Å². The Morgan fingerprint density at radius 3 is 1.06 bits per heavy atom. The van der Waals surface area contributed by atoms with Crippen molar-refractivity contribution in [1.82, 2.24) is 0 Å². The van der Waals surface area contributed by atoms with Crippen LogP contribution in [0.1, 0.15) is 322 Å². The van der Waals surface area contributed by atoms with Gasteiger partial charge in [0.25, 0.3) is 0 Å². The molecule has 0 aliphatic rings. The van der Waals surface area contributed by atoms with Gasteiger partial charge in [0.2, 0.25) is 0 Å². The summed E-state index contributed by atoms with van der Waals surface area (Å²) < 4.78 is 33.1. The van der Waals surface area contributed by atoms with Crippen LogP contribution in [0.3, 0.4) is 0 Å². The lowest BCUT2D eigenvalue weighted by Crippen LogP contribution is -2.29. The molecule has 0 amide bonds. The minimum Gasteiger partial charge on any atom is -0.462 e. The summed E-state index contributed by atoms with van der Waals surface area (Å²) in [5.74, 6) is -0.829. The monoisotopic (exact) mass is 1100 g/mol. The Morgan fingerprint density at radius 1 is 0.403 bits per heavy atom. The zero-order chi connectivity index (χ0) is 55.9. The van der Waals surface area contributed by atoms with Crippen LogP contribution in [0.5, 0.6) is 0 Å². The summed E-state index contributed by atoms with van der Waals surface area (Å²) in [6.45, 7) is 3.66. The number of allylic oxidation sites excluding steroid dienone is 10. The second-order valence-electron chi connectivity index (χ2n) is 22.0. The smallest absolute Gasteiger partial charge is 0.462 e. The number of carbonyl (C=O) groups excluding carboxylic acids is 2. The summed E-state index contributed by atoms with van der Waals surface area (Å²) in [6, 6.07) is 0. The molecule has 0 bridgehead atoms. The van der Waals surface area contributed by atoms with E-state index in [1.54, 1.807) is 0 Å². The summed E-state index contributed by atoms with van der Waals surface area (Å²) in [4.78, 5) is 35.3. The van der Waals surface area contributed by atoms with Crippen LogP contribution in [-0.4, -0.2) is 49.3 Å². The van der Waals surface area contributed by atoms with Gasteiger partial charge in [0.1, 0.15) is 6.61 Å². The van der Waals surface area contributed by atoms with Gasteiger partial charge in [-0.25, -0.2) is 4.57 Å². The maximum Gasteiger partial charge on any atom is 0.472 e. The second-order valence-corrected chi connectivity index (χ2v) is 23.4. The number of hydrogen-bond acceptors (Lipinski definition) is 8. The van der Waals surface area contributed by atoms with E-state index >= 15 is 0 Å². The van der Waals surface area contributed by atoms with Crippen LogP contribution in [0.2, 0.25) is 0 Å². The highest BCUT2D eigenvalue weighted by molar-refractivity contribution is 7.47. The molecular formula is C67H124NO8P. The van der Waals surface area contributed by atoms with E-state index in [1.165, 1.54) is 212 Å². The fraction of sp³-hybridized carbons (Fsp3) is 0.821. The molecule has 0 aromatic heterocycles. The third-order valence-electron chi connectivity index (χ3n) is 14.4. The molecule has 0 aliphatic carbocycles. The van der Waals surface area contributed by atoms with Crippen molar-refractivity contribution in [1.29, 1.82) is 0 Å². The molecular weight excluding hydrogens is 978 g/mol. The van der Waals surface area contributed by atoms with Crippen LogP contribution in [0.4, 0.5) is 0 Å². The normalized spacial score (nSPS) is 13.4. The van der Waals surface area contributed by atoms with Gasteiger partial charge in [-0.15, -0.1) is 0 Å². The average Bonchev–Trinajstić information content (AvgIpc) is 3.42. The highest BCUT2D eigenvalue weighted by Gasteiger charge is 2.26. The molecule has 0 aliphatic heterocycles. The van der Waals surface area contributed by atoms with Crippen molar-refractivity contribution in [3.05, 3.63) is 60.8 Å². The van der Waals surface area contributed by atoms with Crippen molar-refractivity contribution in [3.8, 4) is 0 Å². The number of esters is 2. The zero-order valence-corrected chi connectivity index (χ0v) is 51.3. The molecule has 0 rings (SSSR count). The second kappa shape index (κ2) is 62.9. The minimum absolute atomic E-state index is 0.0504. The number of rotatable bonds is 62. The molecule has 3 N–H and O–H groups in total. The van der Waals surface area contributed by atoms with Gasteiger partial charge in [0.05, 0.1) is 13.2 Å². The van der Waals surface area contributed by atoms with Crippen molar-refractivity contribution in [3.63, 3.8) is 0 Å². The van der Waals surface area contributed by atoms with Crippen LogP contribution < -0.4 is 5.73 Å². The van der Waals surface area contributed by atoms with Crippen LogP contribution >= 0.6 is 7.82 Å². The summed E-state index contributed by atoms with van der Waals surface area (Å²) in [7, 11) is -4.40. The van der Waals surface area contributed by atoms with Crippen molar-refractivity contribution in [2.45, 2.75) is 328 Å². The van der Waals surface area contributed by atoms with E-state index in [2.05, 4.69) is 74.6 Å². The molecule has 0 fully saturated rings. The van der Waals surface area contributed by atoms with Crippen LogP contribution in [0.25, 0.3) is 0 Å². The highest BCUT2D eigenvalue weighted by atomic mass is 31.2. The summed E-state index contributed by atoms with van der Waals surface area (Å²) in [5, 5.41) is 0. The first kappa shape index (κ1) is 74.7. The van der Waals surface area contributed by atoms with Gasteiger partial charge in [-0.2, -0.15) is 0 Å². The SMILES string of the molecule is CC/C=C\C/C=C\C/C=C\C/C=C\C/C=C\CCCCCCCCCC(=O)OC(COC(=O)CCCCCCCCCCCCCCCCCCCCCCCCCCCCCCCCCCC)COP(=O)(O)OCCN. The summed E-state index contributed by atoms with van der Waals surface area (Å²) in [6.07, 6.45) is 80.3. The predicted octanol–water partition coefficient (Wildman–Crippen LogP) is 21.1. The predicted molar refractivity (Wildman–Crippen MR) is 330 cm³/mol. The molecule has 77 heavy (non-hydrogen) atoms. The van der Waals surface area contributed by atoms with E-state index < -0.39 is 26.5 Å². The fourth-order valence-electron chi connectivity index (χ4n) is 9.61. The van der Waals surface area contributed by atoms with Crippen molar-refractivity contribution in [2.75, 3.05) is 26.4 Å². The molecule has 450 valence electrons. The lowest BCUT2D eigenvalue weighted by molar-refractivity contribution is -0.161. The van der Waals surface area contributed by atoms with Gasteiger partial charge < -0.3 is 20.1 Å². The van der Waals surface area contributed by atoms with Gasteiger partial charge in [0.15, 0.2) is 6.10 Å². The largest absolute Gasteiger partial charge is 0.472 e. The number of carbonyl (C=O) groups is 2. The summed E-state index contributed by atoms with van der Waals surface area (Å²) >= 11 is 0. The van der Waals surface area contributed by atoms with Gasteiger partial charge in [-0.3, -0.25) is 18.6 Å². The number of phosphoric acid groups is 1. The van der Waals surface area contributed by atoms with Gasteiger partial charge in [0, 0.05) is 19.4 Å². The van der Waals surface area contributed by atoms with E-state index in [0.29, 0.717) is 6.42 Å². The molecule has 0 aromatic rings. The molecule has 0 radical (unpaired) electrons. The lowest BCUT2D eigenvalue weighted by Gasteiger charge is -2.19. The van der Waals surface area contributed by atoms with Crippen LogP contribution in [0.15, 0.2) is 60.8 Å². The first-order valence-electron chi connectivity index (χ1n) is 32.8. The Kier molecular flexibility index (Phi) is 61.0. The minimum atomic E-state index is -4.40. The van der Waals surface area contributed by atoms with Crippen molar-refractivity contribution >= 4 is 19.8 Å². The number of unbranched alkanes of at least 4 members (excludes halogenated alkanes) is 39. The molecule has 2 atom stereocenters. The zero-order valence-electron chi connectivity index (χ0n) is 50.4. The lowest BCUT2D eigenvalue weighted by atomic mass is 10.0. The van der Waals surface area contributed by atoms with Crippen molar-refractivity contribution < 1.29 is 37.6 Å². The number of nitrogens with two attached hydrogens (primary N) is 1. The number of phosphoric ester groups is 1. The maximum atomic E-state index is 12.7. The number of ether oxygens (including phenoxy) is 2. The maximum absolute atomic E-state index is 12.7. The first-order chi connectivity index (χ1) is 37.8. The fourth-order valence-corrected chi connectivity index (χ4v) is 10.4. The molecule has 0 heterocycles. The van der Waals surface area contributed by atoms with Gasteiger partial charge in [-0.1, -0.05) is 312 Å². The molecule has 10 heteroatoms. The Hall–Kier alpha value is -2.29. The molecule has 9 nitrogen and oxygen atoms in total. The molecule has 0 aromatic carbocycles. The standard InChI is InChI=1S/C67H124NO8P/c1-3-5-7-9-11-13-15-17-19-21-23-25-27-28-29-30-31-32-33-34-35-36-38-39-41-43-45-47-49-51-53-55-57-59-66(69)73-63-65(64-75-77(71,72)74-62-61-68)76-67(70)60-58-56-54-52-50-48-46-44-42-40-37-26-24-22-20-18-16-14-12-10-8-6-4-2/h6,8,12,14,18,20,24,26,40,42,65H,3-5,7,9-11,13,15-17,19,21-23,25,27-39,41,43-64,68H2,1-2H3,(H,71,72)/b8-6-,14-12-,20-18-,26-24-,42-40-. The quantitative estimate of drug-likeness (QED) is 0.0264. The van der Waals surface area contributed by atoms with Gasteiger partial charge in [-0.05, 0) is 57.8 Å². The van der Waals surface area contributed by atoms with E-state index in [4.69, 9.17) is 24.3 Å². The van der Waals surface area contributed by atoms with Crippen molar-refractivity contribution in [2.24, 2.45) is 5.73 Å². The Balaban J connectivity index is 3.86. The van der Waals surface area contributed by atoms with Crippen LogP contribution in [-0.2, 0) is 32.7 Å². The van der Waals surface area contributed by atoms with Crippen LogP contribution in [0, 0.1) is 0 Å². The number of hydrogen-bond donors (Lipinski definition) is 2. The van der Waals surface area contributed by atoms with Gasteiger partial charge >= 0.3 is 19.8 Å². The van der Waals surface area contributed by atoms with E-state index in [9.17, 15) is 19.0 Å². The molecule has 0 spiro atoms. The first-order valence-corrected chi connectivity index (χ1v) is 34.3. The van der Waals surface area contributed by atoms with E-state index in [1.807, 2.05) is 0 Å². The Bertz CT molecular complexity index is 1440. The topological polar surface area (TPSA) is 134 Å².